The fraction of sp³-hybridized carbons (Fsp3) is 0.250. The molecule has 2 amide bonds. The molecule has 3 N–H and O–H groups in total. The average Bonchev–Trinajstić information content (AvgIpc) is 3.42. The number of carbonyl (C=O) groups is 1. The lowest BCUT2D eigenvalue weighted by Crippen LogP contribution is -2.22. The van der Waals surface area contributed by atoms with Crippen molar-refractivity contribution in [2.45, 2.75) is 26.1 Å². The molecule has 4 aromatic rings. The first-order valence-corrected chi connectivity index (χ1v) is 11.5. The van der Waals surface area contributed by atoms with Crippen LogP contribution in [0.15, 0.2) is 30.0 Å². The van der Waals surface area contributed by atoms with Crippen LogP contribution in [0.4, 0.5) is 40.3 Å². The maximum atomic E-state index is 13.6. The SMILES string of the molecule is COC(C)c1c(NC(=O)Nc2cnc(Nc3nccs3)c(C(F)(F)F)c2)cnc2sc(C)nc12. The molecule has 0 aliphatic carbocycles. The van der Waals surface area contributed by atoms with Crippen molar-refractivity contribution in [3.05, 3.63) is 46.2 Å². The Labute approximate surface area is 199 Å². The van der Waals surface area contributed by atoms with E-state index in [1.165, 1.54) is 30.8 Å². The molecule has 4 aromatic heterocycles. The van der Waals surface area contributed by atoms with E-state index >= 15 is 0 Å². The van der Waals surface area contributed by atoms with Gasteiger partial charge in [-0.05, 0) is 19.9 Å². The van der Waals surface area contributed by atoms with Crippen LogP contribution in [0.2, 0.25) is 0 Å². The summed E-state index contributed by atoms with van der Waals surface area (Å²) in [6, 6.07) is 0.0279. The van der Waals surface area contributed by atoms with Gasteiger partial charge in [0.15, 0.2) is 5.13 Å². The number of hydrogen-bond donors (Lipinski definition) is 3. The minimum absolute atomic E-state index is 0.144. The summed E-state index contributed by atoms with van der Waals surface area (Å²) in [5.41, 5.74) is 0.345. The van der Waals surface area contributed by atoms with Gasteiger partial charge in [0.25, 0.3) is 0 Å². The standard InChI is InChI=1S/C20H18F3N7O2S2/c1-9(32-3)14-13(8-26-17-15(14)27-10(2)34-17)29-18(31)28-11-6-12(20(21,22)23)16(25-7-11)30-19-24-4-5-33-19/h4-9H,1-3H3,(H,24,25,30)(H2,28,29,31). The van der Waals surface area contributed by atoms with Gasteiger partial charge >= 0.3 is 12.2 Å². The molecule has 0 radical (unpaired) electrons. The van der Waals surface area contributed by atoms with E-state index in [1.54, 1.807) is 12.3 Å². The monoisotopic (exact) mass is 509 g/mol. The van der Waals surface area contributed by atoms with Crippen LogP contribution in [0.3, 0.4) is 0 Å². The second-order valence-electron chi connectivity index (χ2n) is 7.01. The maximum absolute atomic E-state index is 13.6. The van der Waals surface area contributed by atoms with Crippen LogP contribution in [-0.2, 0) is 10.9 Å². The molecule has 0 aliphatic heterocycles. The minimum atomic E-state index is -4.71. The number of halogens is 3. The van der Waals surface area contributed by atoms with Crippen LogP contribution in [0, 0.1) is 6.92 Å². The number of rotatable bonds is 6. The first-order chi connectivity index (χ1) is 16.2. The number of nitrogens with zero attached hydrogens (tertiary/aromatic N) is 4. The smallest absolute Gasteiger partial charge is 0.377 e. The van der Waals surface area contributed by atoms with Crippen LogP contribution in [0.5, 0.6) is 0 Å². The number of ether oxygens (including phenoxy) is 1. The van der Waals surface area contributed by atoms with E-state index in [4.69, 9.17) is 4.74 Å². The number of anilines is 4. The lowest BCUT2D eigenvalue weighted by Gasteiger charge is -2.17. The summed E-state index contributed by atoms with van der Waals surface area (Å²) in [5.74, 6) is -0.418. The van der Waals surface area contributed by atoms with Gasteiger partial charge in [-0.2, -0.15) is 13.2 Å². The molecule has 0 aromatic carbocycles. The molecule has 0 saturated heterocycles. The molecule has 0 fully saturated rings. The Morgan fingerprint density at radius 2 is 1.97 bits per heavy atom. The third-order valence-corrected chi connectivity index (χ3v) is 6.26. The molecule has 1 unspecified atom stereocenters. The van der Waals surface area contributed by atoms with E-state index < -0.39 is 29.7 Å². The molecule has 4 rings (SSSR count). The quantitative estimate of drug-likeness (QED) is 0.294. The third-order valence-electron chi connectivity index (χ3n) is 4.69. The van der Waals surface area contributed by atoms with Gasteiger partial charge < -0.3 is 20.7 Å². The zero-order chi connectivity index (χ0) is 24.5. The molecular weight excluding hydrogens is 491 g/mol. The maximum Gasteiger partial charge on any atom is 0.420 e. The Bertz CT molecular complexity index is 1330. The van der Waals surface area contributed by atoms with E-state index in [2.05, 4.69) is 35.9 Å². The Morgan fingerprint density at radius 1 is 1.18 bits per heavy atom. The van der Waals surface area contributed by atoms with Gasteiger partial charge in [-0.25, -0.2) is 24.7 Å². The number of aryl methyl sites for hydroxylation is 1. The topological polar surface area (TPSA) is 114 Å². The normalized spacial score (nSPS) is 12.5. The second kappa shape index (κ2) is 9.48. The van der Waals surface area contributed by atoms with Crippen molar-refractivity contribution in [1.82, 2.24) is 19.9 Å². The van der Waals surface area contributed by atoms with Gasteiger partial charge in [-0.15, -0.1) is 11.3 Å². The molecule has 9 nitrogen and oxygen atoms in total. The number of methoxy groups -OCH3 is 1. The zero-order valence-corrected chi connectivity index (χ0v) is 19.7. The highest BCUT2D eigenvalue weighted by molar-refractivity contribution is 7.18. The van der Waals surface area contributed by atoms with Crippen molar-refractivity contribution in [3.63, 3.8) is 0 Å². The number of urea groups is 1. The van der Waals surface area contributed by atoms with Crippen molar-refractivity contribution in [2.75, 3.05) is 23.1 Å². The second-order valence-corrected chi connectivity index (χ2v) is 9.09. The molecule has 1 atom stereocenters. The van der Waals surface area contributed by atoms with Crippen molar-refractivity contribution < 1.29 is 22.7 Å². The number of nitrogens with one attached hydrogen (secondary N) is 3. The van der Waals surface area contributed by atoms with E-state index in [0.717, 1.165) is 28.6 Å². The Balaban J connectivity index is 1.59. The molecule has 34 heavy (non-hydrogen) atoms. The van der Waals surface area contributed by atoms with Gasteiger partial charge in [-0.3, -0.25) is 0 Å². The van der Waals surface area contributed by atoms with E-state index in [0.29, 0.717) is 21.6 Å². The lowest BCUT2D eigenvalue weighted by molar-refractivity contribution is -0.137. The molecule has 178 valence electrons. The van der Waals surface area contributed by atoms with Crippen molar-refractivity contribution in [3.8, 4) is 0 Å². The van der Waals surface area contributed by atoms with Crippen LogP contribution in [-0.4, -0.2) is 33.1 Å². The fourth-order valence-electron chi connectivity index (χ4n) is 3.15. The van der Waals surface area contributed by atoms with Gasteiger partial charge in [-0.1, -0.05) is 11.3 Å². The van der Waals surface area contributed by atoms with Gasteiger partial charge in [0.1, 0.15) is 21.7 Å². The van der Waals surface area contributed by atoms with E-state index in [9.17, 15) is 18.0 Å². The van der Waals surface area contributed by atoms with Gasteiger partial charge in [0.05, 0.1) is 34.9 Å². The van der Waals surface area contributed by atoms with Crippen LogP contribution >= 0.6 is 22.7 Å². The Kier molecular flexibility index (Phi) is 6.63. The first kappa shape index (κ1) is 23.8. The molecule has 0 aliphatic rings. The number of carbonyl (C=O) groups excluding carboxylic acids is 1. The number of hydrogen-bond acceptors (Lipinski definition) is 9. The molecular formula is C20H18F3N7O2S2. The number of amides is 2. The summed E-state index contributed by atoms with van der Waals surface area (Å²) in [6.45, 7) is 3.63. The molecule has 0 spiro atoms. The first-order valence-electron chi connectivity index (χ1n) is 9.76. The summed E-state index contributed by atoms with van der Waals surface area (Å²) < 4.78 is 46.3. The van der Waals surface area contributed by atoms with Gasteiger partial charge in [0.2, 0.25) is 0 Å². The minimum Gasteiger partial charge on any atom is -0.377 e. The predicted molar refractivity (Wildman–Crippen MR) is 125 cm³/mol. The number of fused-ring (bicyclic) bond motifs is 1. The third kappa shape index (κ3) is 5.08. The zero-order valence-electron chi connectivity index (χ0n) is 18.0. The highest BCUT2D eigenvalue weighted by Gasteiger charge is 2.35. The number of aromatic nitrogens is 4. The molecule has 0 saturated carbocycles. The summed E-state index contributed by atoms with van der Waals surface area (Å²) in [5, 5.41) is 10.2. The largest absolute Gasteiger partial charge is 0.420 e. The lowest BCUT2D eigenvalue weighted by atomic mass is 10.1. The summed E-state index contributed by atoms with van der Waals surface area (Å²) in [4.78, 5) is 29.9. The summed E-state index contributed by atoms with van der Waals surface area (Å²) >= 11 is 2.53. The molecule has 14 heteroatoms. The van der Waals surface area contributed by atoms with Crippen molar-refractivity contribution in [1.29, 1.82) is 0 Å². The Hall–Kier alpha value is -3.36. The van der Waals surface area contributed by atoms with Crippen LogP contribution in [0.1, 0.15) is 29.2 Å². The fourth-order valence-corrected chi connectivity index (χ4v) is 4.45. The summed E-state index contributed by atoms with van der Waals surface area (Å²) in [7, 11) is 1.52. The molecule has 0 bridgehead atoms. The van der Waals surface area contributed by atoms with Gasteiger partial charge in [0, 0.05) is 24.3 Å². The van der Waals surface area contributed by atoms with Crippen LogP contribution in [0.25, 0.3) is 10.3 Å². The summed E-state index contributed by atoms with van der Waals surface area (Å²) in [6.07, 6.45) is -1.09. The number of alkyl halides is 3. The predicted octanol–water partition coefficient (Wildman–Crippen LogP) is 5.97. The average molecular weight is 510 g/mol. The van der Waals surface area contributed by atoms with Crippen molar-refractivity contribution in [2.24, 2.45) is 0 Å². The highest BCUT2D eigenvalue weighted by atomic mass is 32.1. The Morgan fingerprint density at radius 3 is 2.65 bits per heavy atom. The van der Waals surface area contributed by atoms with E-state index in [1.807, 2.05) is 6.92 Å². The number of thiazole rings is 2. The molecule has 4 heterocycles. The van der Waals surface area contributed by atoms with Crippen LogP contribution < -0.4 is 16.0 Å². The van der Waals surface area contributed by atoms with Crippen molar-refractivity contribution >= 4 is 61.4 Å². The number of pyridine rings is 2. The van der Waals surface area contributed by atoms with E-state index in [-0.39, 0.29) is 10.8 Å². The highest BCUT2D eigenvalue weighted by Crippen LogP contribution is 2.37.